The van der Waals surface area contributed by atoms with Crippen molar-refractivity contribution >= 4 is 22.8 Å². The maximum atomic E-state index is 13.6. The Morgan fingerprint density at radius 2 is 1.52 bits per heavy atom. The largest absolute Gasteiger partial charge is 0.352 e. The van der Waals surface area contributed by atoms with Crippen LogP contribution in [0.25, 0.3) is 11.0 Å². The highest BCUT2D eigenvalue weighted by Gasteiger charge is 2.30. The number of amides is 1. The molecule has 5 rings (SSSR count). The number of hydrogen-bond donors (Lipinski definition) is 0. The molecule has 2 aliphatic heterocycles. The summed E-state index contributed by atoms with van der Waals surface area (Å²) in [5.74, 6) is 0.876. The highest BCUT2D eigenvalue weighted by molar-refractivity contribution is 5.79. The van der Waals surface area contributed by atoms with Gasteiger partial charge in [-0.2, -0.15) is 0 Å². The van der Waals surface area contributed by atoms with Gasteiger partial charge in [-0.15, -0.1) is 0 Å². The van der Waals surface area contributed by atoms with Crippen LogP contribution in [0, 0.1) is 5.92 Å². The minimum Gasteiger partial charge on any atom is -0.352 e. The molecule has 0 saturated carbocycles. The first-order valence-electron chi connectivity index (χ1n) is 12.3. The highest BCUT2D eigenvalue weighted by atomic mass is 16.2. The second kappa shape index (κ2) is 9.77. The number of likely N-dealkylation sites (tertiary alicyclic amines) is 1. The molecule has 1 aromatic heterocycles. The summed E-state index contributed by atoms with van der Waals surface area (Å²) < 4.78 is 1.83. The highest BCUT2D eigenvalue weighted by Crippen LogP contribution is 2.25. The van der Waals surface area contributed by atoms with Gasteiger partial charge in [0.25, 0.3) is 5.56 Å². The molecule has 0 unspecified atom stereocenters. The number of benzene rings is 2. The molecule has 3 heterocycles. The lowest BCUT2D eigenvalue weighted by Crippen LogP contribution is -2.45. The lowest BCUT2D eigenvalue weighted by molar-refractivity contribution is -0.136. The molecule has 2 aliphatic rings. The number of aromatic nitrogens is 2. The van der Waals surface area contributed by atoms with Gasteiger partial charge in [-0.3, -0.25) is 14.2 Å². The lowest BCUT2D eigenvalue weighted by atomic mass is 9.95. The number of carbonyl (C=O) groups is 1. The second-order valence-electron chi connectivity index (χ2n) is 9.30. The van der Waals surface area contributed by atoms with Crippen LogP contribution in [0.1, 0.15) is 44.1 Å². The molecule has 1 amide bonds. The Balaban J connectivity index is 1.37. The monoisotopic (exact) mass is 444 g/mol. The Morgan fingerprint density at radius 3 is 2.24 bits per heavy atom. The normalized spacial score (nSPS) is 17.8. The van der Waals surface area contributed by atoms with E-state index < -0.39 is 0 Å². The second-order valence-corrected chi connectivity index (χ2v) is 9.30. The van der Waals surface area contributed by atoms with Gasteiger partial charge < -0.3 is 9.80 Å². The third-order valence-electron chi connectivity index (χ3n) is 7.08. The lowest BCUT2D eigenvalue weighted by Gasteiger charge is -2.34. The van der Waals surface area contributed by atoms with Crippen LogP contribution in [-0.4, -0.2) is 46.5 Å². The molecule has 172 valence electrons. The van der Waals surface area contributed by atoms with Crippen molar-refractivity contribution in [1.82, 2.24) is 14.5 Å². The topological polar surface area (TPSA) is 58.4 Å². The molecular weight excluding hydrogens is 412 g/mol. The van der Waals surface area contributed by atoms with Gasteiger partial charge in [0.1, 0.15) is 0 Å². The van der Waals surface area contributed by atoms with E-state index >= 15 is 0 Å². The summed E-state index contributed by atoms with van der Waals surface area (Å²) >= 11 is 0. The van der Waals surface area contributed by atoms with E-state index in [1.807, 2.05) is 59.2 Å². The summed E-state index contributed by atoms with van der Waals surface area (Å²) in [5.41, 5.74) is 2.70. The maximum Gasteiger partial charge on any atom is 0.294 e. The third kappa shape index (κ3) is 4.65. The van der Waals surface area contributed by atoms with Crippen molar-refractivity contribution in [1.29, 1.82) is 0 Å². The SMILES string of the molecule is O=C(C1CCN(c2nc3ccccc3n(Cc3ccccc3)c2=O)CC1)N1CCCCCC1. The molecule has 2 saturated heterocycles. The predicted octanol–water partition coefficient (Wildman–Crippen LogP) is 4.06. The minimum absolute atomic E-state index is 0.0603. The molecule has 33 heavy (non-hydrogen) atoms. The number of hydrogen-bond acceptors (Lipinski definition) is 4. The summed E-state index contributed by atoms with van der Waals surface area (Å²) in [4.78, 5) is 35.6. The van der Waals surface area contributed by atoms with E-state index in [1.54, 1.807) is 0 Å². The zero-order valence-electron chi connectivity index (χ0n) is 19.2. The number of fused-ring (bicyclic) bond motifs is 1. The molecule has 0 N–H and O–H groups in total. The number of piperidine rings is 1. The van der Waals surface area contributed by atoms with Crippen molar-refractivity contribution in [2.45, 2.75) is 45.1 Å². The Labute approximate surface area is 194 Å². The summed E-state index contributed by atoms with van der Waals surface area (Å²) in [6.07, 6.45) is 6.25. The molecule has 6 nitrogen and oxygen atoms in total. The van der Waals surface area contributed by atoms with E-state index in [1.165, 1.54) is 12.8 Å². The van der Waals surface area contributed by atoms with Crippen LogP contribution >= 0.6 is 0 Å². The smallest absolute Gasteiger partial charge is 0.294 e. The summed E-state index contributed by atoms with van der Waals surface area (Å²) in [5, 5.41) is 0. The molecule has 6 heteroatoms. The minimum atomic E-state index is -0.0603. The van der Waals surface area contributed by atoms with Gasteiger partial charge in [-0.05, 0) is 43.4 Å². The molecule has 0 radical (unpaired) electrons. The van der Waals surface area contributed by atoms with E-state index in [2.05, 4.69) is 9.80 Å². The van der Waals surface area contributed by atoms with Crippen LogP contribution in [0.4, 0.5) is 5.82 Å². The van der Waals surface area contributed by atoms with Gasteiger partial charge in [-0.25, -0.2) is 4.98 Å². The number of rotatable bonds is 4. The Morgan fingerprint density at radius 1 is 0.848 bits per heavy atom. The van der Waals surface area contributed by atoms with E-state index in [0.29, 0.717) is 31.4 Å². The van der Waals surface area contributed by atoms with Crippen molar-refractivity contribution in [2.75, 3.05) is 31.1 Å². The first-order chi connectivity index (χ1) is 16.2. The molecule has 2 aromatic carbocycles. The molecule has 0 bridgehead atoms. The van der Waals surface area contributed by atoms with E-state index in [4.69, 9.17) is 4.98 Å². The van der Waals surface area contributed by atoms with Gasteiger partial charge in [0.15, 0.2) is 5.82 Å². The van der Waals surface area contributed by atoms with Crippen molar-refractivity contribution in [3.63, 3.8) is 0 Å². The standard InChI is InChI=1S/C27H32N4O2/c32-26(30-16-8-1-2-9-17-30)22-14-18-29(19-15-22)25-27(33)31(20-21-10-4-3-5-11-21)24-13-7-6-12-23(24)28-25/h3-7,10-13,22H,1-2,8-9,14-20H2. The fourth-order valence-electron chi connectivity index (χ4n) is 5.20. The Kier molecular flexibility index (Phi) is 6.42. The average Bonchev–Trinajstić information content (AvgIpc) is 3.16. The third-order valence-corrected chi connectivity index (χ3v) is 7.08. The molecule has 3 aromatic rings. The van der Waals surface area contributed by atoms with E-state index in [9.17, 15) is 9.59 Å². The van der Waals surface area contributed by atoms with Gasteiger partial charge in [-0.1, -0.05) is 55.3 Å². The van der Waals surface area contributed by atoms with Crippen LogP contribution in [0.5, 0.6) is 0 Å². The van der Waals surface area contributed by atoms with Crippen molar-refractivity contribution < 1.29 is 4.79 Å². The van der Waals surface area contributed by atoms with Gasteiger partial charge >= 0.3 is 0 Å². The molecular formula is C27H32N4O2. The number of nitrogens with zero attached hydrogens (tertiary/aromatic N) is 4. The fourth-order valence-corrected chi connectivity index (χ4v) is 5.20. The fraction of sp³-hybridized carbons (Fsp3) is 0.444. The zero-order valence-corrected chi connectivity index (χ0v) is 19.2. The predicted molar refractivity (Wildman–Crippen MR) is 132 cm³/mol. The van der Waals surface area contributed by atoms with E-state index in [-0.39, 0.29) is 11.5 Å². The number of carbonyl (C=O) groups excluding carboxylic acids is 1. The quantitative estimate of drug-likeness (QED) is 0.609. The van der Waals surface area contributed by atoms with Gasteiger partial charge in [0.2, 0.25) is 5.91 Å². The first kappa shape index (κ1) is 21.7. The van der Waals surface area contributed by atoms with Gasteiger partial charge in [0.05, 0.1) is 17.6 Å². The summed E-state index contributed by atoms with van der Waals surface area (Å²) in [7, 11) is 0. The molecule has 0 spiro atoms. The summed E-state index contributed by atoms with van der Waals surface area (Å²) in [6.45, 7) is 3.69. The zero-order chi connectivity index (χ0) is 22.6. The van der Waals surface area contributed by atoms with Crippen molar-refractivity contribution in [3.05, 3.63) is 70.5 Å². The summed E-state index contributed by atoms with van der Waals surface area (Å²) in [6, 6.07) is 17.9. The Bertz CT molecular complexity index is 1160. The van der Waals surface area contributed by atoms with Crippen LogP contribution in [0.2, 0.25) is 0 Å². The molecule has 0 aliphatic carbocycles. The Hall–Kier alpha value is -3.15. The molecule has 0 atom stereocenters. The van der Waals surface area contributed by atoms with Crippen molar-refractivity contribution in [3.8, 4) is 0 Å². The van der Waals surface area contributed by atoms with Crippen LogP contribution in [0.3, 0.4) is 0 Å². The van der Waals surface area contributed by atoms with Crippen LogP contribution in [0.15, 0.2) is 59.4 Å². The number of para-hydroxylation sites is 2. The van der Waals surface area contributed by atoms with E-state index in [0.717, 1.165) is 55.4 Å². The average molecular weight is 445 g/mol. The maximum absolute atomic E-state index is 13.6. The first-order valence-corrected chi connectivity index (χ1v) is 12.3. The van der Waals surface area contributed by atoms with Crippen LogP contribution < -0.4 is 10.5 Å². The van der Waals surface area contributed by atoms with Crippen molar-refractivity contribution in [2.24, 2.45) is 5.92 Å². The molecule has 2 fully saturated rings. The number of anilines is 1. The van der Waals surface area contributed by atoms with Crippen LogP contribution in [-0.2, 0) is 11.3 Å². The van der Waals surface area contributed by atoms with Gasteiger partial charge in [0, 0.05) is 32.1 Å².